The van der Waals surface area contributed by atoms with Crippen molar-refractivity contribution in [2.75, 3.05) is 18.4 Å². The molecule has 0 bridgehead atoms. The molecule has 0 aromatic heterocycles. The van der Waals surface area contributed by atoms with Gasteiger partial charge in [-0.05, 0) is 61.6 Å². The first-order valence-corrected chi connectivity index (χ1v) is 8.97. The molecule has 0 unspecified atom stereocenters. The number of hydrogen-bond acceptors (Lipinski definition) is 2. The summed E-state index contributed by atoms with van der Waals surface area (Å²) in [6.45, 7) is 5.45. The number of piperidine rings is 1. The van der Waals surface area contributed by atoms with E-state index in [1.165, 1.54) is 11.1 Å². The first-order valence-electron chi connectivity index (χ1n) is 8.97. The van der Waals surface area contributed by atoms with E-state index in [2.05, 4.69) is 30.4 Å². The van der Waals surface area contributed by atoms with Crippen LogP contribution in [0.3, 0.4) is 0 Å². The Balaban J connectivity index is 1.70. The molecule has 136 valence electrons. The molecule has 1 aliphatic heterocycles. The van der Waals surface area contributed by atoms with Crippen molar-refractivity contribution in [2.24, 2.45) is 5.73 Å². The van der Waals surface area contributed by atoms with Crippen molar-refractivity contribution in [3.63, 3.8) is 0 Å². The molecule has 2 aromatic rings. The Morgan fingerprint density at radius 3 is 2.58 bits per heavy atom. The van der Waals surface area contributed by atoms with Crippen LogP contribution in [0.4, 0.5) is 10.5 Å². The molecule has 0 radical (unpaired) electrons. The summed E-state index contributed by atoms with van der Waals surface area (Å²) in [5.74, 6) is -0.0999. The Hall–Kier alpha value is -2.82. The van der Waals surface area contributed by atoms with Gasteiger partial charge in [-0.25, -0.2) is 4.79 Å². The number of benzene rings is 2. The Bertz CT molecular complexity index is 832. The van der Waals surface area contributed by atoms with Gasteiger partial charge in [0.05, 0.1) is 0 Å². The fraction of sp³-hybridized carbons (Fsp3) is 0.333. The van der Waals surface area contributed by atoms with E-state index < -0.39 is 5.91 Å². The molecule has 0 saturated carbocycles. The van der Waals surface area contributed by atoms with Gasteiger partial charge >= 0.3 is 6.03 Å². The van der Waals surface area contributed by atoms with E-state index in [-0.39, 0.29) is 6.03 Å². The number of urea groups is 1. The van der Waals surface area contributed by atoms with Crippen LogP contribution >= 0.6 is 0 Å². The van der Waals surface area contributed by atoms with Crippen molar-refractivity contribution in [3.05, 3.63) is 64.7 Å². The van der Waals surface area contributed by atoms with Gasteiger partial charge in [0.2, 0.25) is 5.91 Å². The minimum atomic E-state index is -0.469. The molecule has 1 fully saturated rings. The second kappa shape index (κ2) is 7.60. The molecule has 3 rings (SSSR count). The Morgan fingerprint density at radius 2 is 1.88 bits per heavy atom. The summed E-state index contributed by atoms with van der Waals surface area (Å²) >= 11 is 0. The summed E-state index contributed by atoms with van der Waals surface area (Å²) in [5, 5.41) is 2.97. The van der Waals surface area contributed by atoms with Crippen LogP contribution in [0.5, 0.6) is 0 Å². The maximum absolute atomic E-state index is 12.7. The largest absolute Gasteiger partial charge is 0.366 e. The van der Waals surface area contributed by atoms with E-state index >= 15 is 0 Å². The van der Waals surface area contributed by atoms with Gasteiger partial charge in [-0.1, -0.05) is 24.3 Å². The van der Waals surface area contributed by atoms with E-state index in [1.807, 2.05) is 17.9 Å². The monoisotopic (exact) mass is 351 g/mol. The maximum Gasteiger partial charge on any atom is 0.321 e. The lowest BCUT2D eigenvalue weighted by Crippen LogP contribution is -2.41. The van der Waals surface area contributed by atoms with E-state index in [1.54, 1.807) is 18.2 Å². The summed E-state index contributed by atoms with van der Waals surface area (Å²) in [6.07, 6.45) is 2.09. The van der Waals surface area contributed by atoms with Crippen LogP contribution in [-0.2, 0) is 0 Å². The number of likely N-dealkylation sites (tertiary alicyclic amines) is 1. The van der Waals surface area contributed by atoms with Crippen LogP contribution in [-0.4, -0.2) is 29.9 Å². The van der Waals surface area contributed by atoms with Gasteiger partial charge in [-0.15, -0.1) is 0 Å². The zero-order valence-electron chi connectivity index (χ0n) is 15.3. The molecule has 2 aromatic carbocycles. The van der Waals surface area contributed by atoms with Crippen molar-refractivity contribution >= 4 is 17.6 Å². The quantitative estimate of drug-likeness (QED) is 0.882. The summed E-state index contributed by atoms with van der Waals surface area (Å²) < 4.78 is 0. The van der Waals surface area contributed by atoms with Gasteiger partial charge in [0.25, 0.3) is 0 Å². The predicted octanol–water partition coefficient (Wildman–Crippen LogP) is 3.81. The number of carbonyl (C=O) groups is 2. The smallest absolute Gasteiger partial charge is 0.321 e. The van der Waals surface area contributed by atoms with Gasteiger partial charge in [-0.3, -0.25) is 4.79 Å². The first-order chi connectivity index (χ1) is 12.5. The lowest BCUT2D eigenvalue weighted by molar-refractivity contribution is 0.1000. The number of carbonyl (C=O) groups excluding carboxylic acids is 2. The lowest BCUT2D eigenvalue weighted by atomic mass is 9.88. The van der Waals surface area contributed by atoms with Crippen molar-refractivity contribution in [2.45, 2.75) is 32.6 Å². The third-order valence-corrected chi connectivity index (χ3v) is 5.09. The Morgan fingerprint density at radius 1 is 1.12 bits per heavy atom. The van der Waals surface area contributed by atoms with Gasteiger partial charge in [0.1, 0.15) is 0 Å². The summed E-state index contributed by atoms with van der Waals surface area (Å²) in [7, 11) is 0. The van der Waals surface area contributed by atoms with Crippen molar-refractivity contribution in [3.8, 4) is 0 Å². The highest BCUT2D eigenvalue weighted by molar-refractivity contribution is 5.95. The molecule has 1 saturated heterocycles. The predicted molar refractivity (Wildman–Crippen MR) is 103 cm³/mol. The molecular weight excluding hydrogens is 326 g/mol. The zero-order chi connectivity index (χ0) is 18.7. The van der Waals surface area contributed by atoms with Crippen molar-refractivity contribution < 1.29 is 9.59 Å². The second-order valence-electron chi connectivity index (χ2n) is 6.97. The third kappa shape index (κ3) is 3.87. The number of nitrogens with one attached hydrogen (secondary N) is 1. The van der Waals surface area contributed by atoms with E-state index in [0.29, 0.717) is 17.2 Å². The summed E-state index contributed by atoms with van der Waals surface area (Å²) in [4.78, 5) is 25.9. The number of rotatable bonds is 3. The fourth-order valence-electron chi connectivity index (χ4n) is 3.61. The standard InChI is InChI=1S/C21H25N3O2/c1-14-6-3-4-8-18(14)17-7-5-11-24(13-17)21(26)23-19-10-9-16(20(22)25)12-15(19)2/h3-4,6,8-10,12,17H,5,7,11,13H2,1-2H3,(H2,22,25)(H,23,26)/t17-/m1/s1. The van der Waals surface area contributed by atoms with Gasteiger partial charge in [0, 0.05) is 30.3 Å². The fourth-order valence-corrected chi connectivity index (χ4v) is 3.61. The molecular formula is C21H25N3O2. The molecule has 0 aliphatic carbocycles. The minimum absolute atomic E-state index is 0.0989. The number of hydrogen-bond donors (Lipinski definition) is 2. The minimum Gasteiger partial charge on any atom is -0.366 e. The number of anilines is 1. The molecule has 26 heavy (non-hydrogen) atoms. The maximum atomic E-state index is 12.7. The second-order valence-corrected chi connectivity index (χ2v) is 6.97. The highest BCUT2D eigenvalue weighted by Gasteiger charge is 2.25. The van der Waals surface area contributed by atoms with Crippen molar-refractivity contribution in [1.29, 1.82) is 0 Å². The highest BCUT2D eigenvalue weighted by Crippen LogP contribution is 2.29. The average molecular weight is 351 g/mol. The van der Waals surface area contributed by atoms with Crippen LogP contribution in [0.15, 0.2) is 42.5 Å². The molecule has 5 heteroatoms. The summed E-state index contributed by atoms with van der Waals surface area (Å²) in [5.41, 5.74) is 9.87. The third-order valence-electron chi connectivity index (χ3n) is 5.09. The van der Waals surface area contributed by atoms with E-state index in [9.17, 15) is 9.59 Å². The number of primary amides is 1. The Labute approximate surface area is 154 Å². The van der Waals surface area contributed by atoms with E-state index in [4.69, 9.17) is 5.73 Å². The van der Waals surface area contributed by atoms with Crippen LogP contribution < -0.4 is 11.1 Å². The SMILES string of the molecule is Cc1cc(C(N)=O)ccc1NC(=O)N1CCC[C@@H](c2ccccc2C)C1. The molecule has 1 heterocycles. The zero-order valence-corrected chi connectivity index (χ0v) is 15.3. The number of aryl methyl sites for hydroxylation is 2. The number of nitrogens with zero attached hydrogens (tertiary/aromatic N) is 1. The highest BCUT2D eigenvalue weighted by atomic mass is 16.2. The Kier molecular flexibility index (Phi) is 5.26. The first kappa shape index (κ1) is 18.0. The number of nitrogens with two attached hydrogens (primary N) is 1. The number of amides is 3. The molecule has 1 atom stereocenters. The normalized spacial score (nSPS) is 17.0. The van der Waals surface area contributed by atoms with Gasteiger partial charge in [0.15, 0.2) is 0 Å². The van der Waals surface area contributed by atoms with Crippen LogP contribution in [0.1, 0.15) is 45.8 Å². The van der Waals surface area contributed by atoms with E-state index in [0.717, 1.165) is 31.5 Å². The average Bonchev–Trinajstić information content (AvgIpc) is 2.63. The molecule has 5 nitrogen and oxygen atoms in total. The van der Waals surface area contributed by atoms with Crippen molar-refractivity contribution in [1.82, 2.24) is 4.90 Å². The molecule has 0 spiro atoms. The topological polar surface area (TPSA) is 75.4 Å². The molecule has 1 aliphatic rings. The molecule has 3 N–H and O–H groups in total. The van der Waals surface area contributed by atoms with Crippen LogP contribution in [0.2, 0.25) is 0 Å². The summed E-state index contributed by atoms with van der Waals surface area (Å²) in [6, 6.07) is 13.4. The lowest BCUT2D eigenvalue weighted by Gasteiger charge is -2.33. The van der Waals surface area contributed by atoms with Gasteiger partial charge < -0.3 is 16.0 Å². The van der Waals surface area contributed by atoms with Crippen LogP contribution in [0.25, 0.3) is 0 Å². The van der Waals surface area contributed by atoms with Crippen LogP contribution in [0, 0.1) is 13.8 Å². The molecule has 3 amide bonds. The van der Waals surface area contributed by atoms with Gasteiger partial charge in [-0.2, -0.15) is 0 Å².